The molecule has 2 N–H and O–H groups in total. The number of guanidine groups is 1. The van der Waals surface area contributed by atoms with Crippen LogP contribution in [0.4, 0.5) is 9.39 Å². The van der Waals surface area contributed by atoms with E-state index in [-0.39, 0.29) is 5.82 Å². The molecule has 1 aromatic carbocycles. The molecule has 1 aromatic heterocycles. The van der Waals surface area contributed by atoms with E-state index in [1.807, 2.05) is 23.5 Å². The van der Waals surface area contributed by atoms with Crippen LogP contribution >= 0.6 is 11.3 Å². The Labute approximate surface area is 159 Å². The number of benzene rings is 1. The molecule has 3 rings (SSSR count). The first-order valence-corrected chi connectivity index (χ1v) is 10.2. The fourth-order valence-corrected chi connectivity index (χ4v) is 3.94. The summed E-state index contributed by atoms with van der Waals surface area (Å²) >= 11 is 1.81. The monoisotopic (exact) mass is 374 g/mol. The summed E-state index contributed by atoms with van der Waals surface area (Å²) in [5.41, 5.74) is 1.11. The maximum Gasteiger partial charge on any atom is 0.191 e. The van der Waals surface area contributed by atoms with Crippen LogP contribution in [0.2, 0.25) is 0 Å². The largest absolute Gasteiger partial charge is 0.363 e. The van der Waals surface area contributed by atoms with E-state index in [0.29, 0.717) is 12.6 Å². The summed E-state index contributed by atoms with van der Waals surface area (Å²) in [6, 6.07) is 11.4. The predicted octanol–water partition coefficient (Wildman–Crippen LogP) is 3.65. The summed E-state index contributed by atoms with van der Waals surface area (Å²) in [7, 11) is 0. The number of nitrogens with one attached hydrogen (secondary N) is 2. The Balaban J connectivity index is 1.47. The molecule has 140 valence electrons. The predicted molar refractivity (Wildman–Crippen MR) is 109 cm³/mol. The summed E-state index contributed by atoms with van der Waals surface area (Å²) in [4.78, 5) is 7.14. The van der Waals surface area contributed by atoms with Crippen molar-refractivity contribution in [2.45, 2.75) is 32.2 Å². The third-order valence-electron chi connectivity index (χ3n) is 4.58. The van der Waals surface area contributed by atoms with Crippen molar-refractivity contribution in [3.05, 3.63) is 53.2 Å². The molecule has 26 heavy (non-hydrogen) atoms. The zero-order valence-corrected chi connectivity index (χ0v) is 16.1. The molecule has 0 amide bonds. The van der Waals surface area contributed by atoms with Crippen molar-refractivity contribution in [3.63, 3.8) is 0 Å². The van der Waals surface area contributed by atoms with Gasteiger partial charge in [-0.25, -0.2) is 4.39 Å². The Bertz CT molecular complexity index is 676. The third kappa shape index (κ3) is 5.46. The van der Waals surface area contributed by atoms with Gasteiger partial charge in [-0.15, -0.1) is 11.3 Å². The zero-order chi connectivity index (χ0) is 18.2. The lowest BCUT2D eigenvalue weighted by atomic mass is 10.1. The Morgan fingerprint density at radius 1 is 1.23 bits per heavy atom. The van der Waals surface area contributed by atoms with Crippen molar-refractivity contribution in [1.29, 1.82) is 0 Å². The molecule has 1 fully saturated rings. The van der Waals surface area contributed by atoms with Crippen molar-refractivity contribution in [2.24, 2.45) is 4.99 Å². The maximum absolute atomic E-state index is 13.0. The van der Waals surface area contributed by atoms with Crippen LogP contribution in [0.1, 0.15) is 25.3 Å². The molecule has 0 spiro atoms. The fourth-order valence-electron chi connectivity index (χ4n) is 3.16. The smallest absolute Gasteiger partial charge is 0.191 e. The van der Waals surface area contributed by atoms with Gasteiger partial charge in [0.2, 0.25) is 0 Å². The SMILES string of the molecule is CCNC(=NCCc1ccc(F)cc1)NC1CCN(c2cccs2)CC1. The molecular weight excluding hydrogens is 347 g/mol. The highest BCUT2D eigenvalue weighted by molar-refractivity contribution is 7.14. The van der Waals surface area contributed by atoms with E-state index < -0.39 is 0 Å². The molecule has 0 saturated carbocycles. The van der Waals surface area contributed by atoms with Crippen LogP contribution in [0.3, 0.4) is 0 Å². The van der Waals surface area contributed by atoms with Crippen LogP contribution in [0, 0.1) is 5.82 Å². The maximum atomic E-state index is 13.0. The summed E-state index contributed by atoms with van der Waals surface area (Å²) < 4.78 is 13.0. The second kappa shape index (κ2) is 9.57. The van der Waals surface area contributed by atoms with Crippen LogP contribution in [-0.4, -0.2) is 38.2 Å². The quantitative estimate of drug-likeness (QED) is 0.599. The average molecular weight is 375 g/mol. The number of hydrogen-bond acceptors (Lipinski definition) is 3. The highest BCUT2D eigenvalue weighted by Crippen LogP contribution is 2.24. The van der Waals surface area contributed by atoms with Gasteiger partial charge in [-0.3, -0.25) is 4.99 Å². The number of hydrogen-bond donors (Lipinski definition) is 2. The van der Waals surface area contributed by atoms with Crippen LogP contribution in [0.5, 0.6) is 0 Å². The second-order valence-electron chi connectivity index (χ2n) is 6.49. The second-order valence-corrected chi connectivity index (χ2v) is 7.42. The Morgan fingerprint density at radius 3 is 2.65 bits per heavy atom. The minimum Gasteiger partial charge on any atom is -0.363 e. The van der Waals surface area contributed by atoms with E-state index in [1.54, 1.807) is 0 Å². The van der Waals surface area contributed by atoms with E-state index in [2.05, 4.69) is 45.0 Å². The van der Waals surface area contributed by atoms with Crippen molar-refractivity contribution < 1.29 is 4.39 Å². The number of thiophene rings is 1. The summed E-state index contributed by atoms with van der Waals surface area (Å²) in [6.07, 6.45) is 3.04. The molecular formula is C20H27FN4S. The van der Waals surface area contributed by atoms with Crippen molar-refractivity contribution >= 4 is 22.3 Å². The summed E-state index contributed by atoms with van der Waals surface area (Å²) in [5.74, 6) is 0.685. The Kier molecular flexibility index (Phi) is 6.89. The topological polar surface area (TPSA) is 39.7 Å². The normalized spacial score (nSPS) is 15.9. The molecule has 0 aliphatic carbocycles. The Morgan fingerprint density at radius 2 is 2.00 bits per heavy atom. The first kappa shape index (κ1) is 18.7. The standard InChI is InChI=1S/C20H27FN4S/c1-2-22-20(23-12-9-16-5-7-17(21)8-6-16)24-18-10-13-25(14-11-18)19-4-3-15-26-19/h3-8,15,18H,2,9-14H2,1H3,(H2,22,23,24). The molecule has 1 saturated heterocycles. The fraction of sp³-hybridized carbons (Fsp3) is 0.450. The molecule has 0 atom stereocenters. The number of anilines is 1. The highest BCUT2D eigenvalue weighted by atomic mass is 32.1. The first-order chi connectivity index (χ1) is 12.7. The summed E-state index contributed by atoms with van der Waals surface area (Å²) in [6.45, 7) is 5.77. The molecule has 0 radical (unpaired) electrons. The van der Waals surface area contributed by atoms with Gasteiger partial charge in [-0.2, -0.15) is 0 Å². The van der Waals surface area contributed by atoms with Gasteiger partial charge in [0.25, 0.3) is 0 Å². The van der Waals surface area contributed by atoms with Gasteiger partial charge in [0.15, 0.2) is 5.96 Å². The van der Waals surface area contributed by atoms with Gasteiger partial charge in [-0.05, 0) is 61.4 Å². The zero-order valence-electron chi connectivity index (χ0n) is 15.2. The summed E-state index contributed by atoms with van der Waals surface area (Å²) in [5, 5.41) is 10.4. The molecule has 2 heterocycles. The van der Waals surface area contributed by atoms with E-state index in [9.17, 15) is 4.39 Å². The highest BCUT2D eigenvalue weighted by Gasteiger charge is 2.20. The van der Waals surface area contributed by atoms with Gasteiger partial charge in [0.1, 0.15) is 5.82 Å². The Hall–Kier alpha value is -2.08. The van der Waals surface area contributed by atoms with Crippen LogP contribution < -0.4 is 15.5 Å². The van der Waals surface area contributed by atoms with Gasteiger partial charge >= 0.3 is 0 Å². The van der Waals surface area contributed by atoms with Crippen molar-refractivity contribution in [3.8, 4) is 0 Å². The van der Waals surface area contributed by atoms with E-state index >= 15 is 0 Å². The van der Waals surface area contributed by atoms with Crippen LogP contribution in [0.25, 0.3) is 0 Å². The lowest BCUT2D eigenvalue weighted by Gasteiger charge is -2.33. The number of aliphatic imine (C=N–C) groups is 1. The minimum atomic E-state index is -0.193. The molecule has 6 heteroatoms. The minimum absolute atomic E-state index is 0.193. The number of rotatable bonds is 6. The van der Waals surface area contributed by atoms with Gasteiger partial charge < -0.3 is 15.5 Å². The van der Waals surface area contributed by atoms with Crippen LogP contribution in [0.15, 0.2) is 46.8 Å². The lowest BCUT2D eigenvalue weighted by Crippen LogP contribution is -2.48. The van der Waals surface area contributed by atoms with Gasteiger partial charge in [0, 0.05) is 32.2 Å². The van der Waals surface area contributed by atoms with Crippen LogP contribution in [-0.2, 0) is 6.42 Å². The number of halogens is 1. The van der Waals surface area contributed by atoms with Gasteiger partial charge in [0.05, 0.1) is 5.00 Å². The lowest BCUT2D eigenvalue weighted by molar-refractivity contribution is 0.463. The molecule has 0 unspecified atom stereocenters. The molecule has 1 aliphatic heterocycles. The number of piperidine rings is 1. The van der Waals surface area contributed by atoms with E-state index in [4.69, 9.17) is 0 Å². The first-order valence-electron chi connectivity index (χ1n) is 9.32. The van der Waals surface area contributed by atoms with Gasteiger partial charge in [-0.1, -0.05) is 12.1 Å². The molecule has 2 aromatic rings. The molecule has 4 nitrogen and oxygen atoms in total. The third-order valence-corrected chi connectivity index (χ3v) is 5.51. The number of nitrogens with zero attached hydrogens (tertiary/aromatic N) is 2. The van der Waals surface area contributed by atoms with Crippen molar-refractivity contribution in [1.82, 2.24) is 10.6 Å². The van der Waals surface area contributed by atoms with E-state index in [0.717, 1.165) is 50.4 Å². The van der Waals surface area contributed by atoms with E-state index in [1.165, 1.54) is 17.1 Å². The van der Waals surface area contributed by atoms with Crippen molar-refractivity contribution in [2.75, 3.05) is 31.1 Å². The molecule has 1 aliphatic rings. The average Bonchev–Trinajstić information content (AvgIpc) is 3.19. The molecule has 0 bridgehead atoms.